The summed E-state index contributed by atoms with van der Waals surface area (Å²) in [7, 11) is 0. The molecule has 1 rings (SSSR count). The summed E-state index contributed by atoms with van der Waals surface area (Å²) in [5.41, 5.74) is 1.57. The maximum atomic E-state index is 5.61. The molecule has 0 aromatic carbocycles. The highest BCUT2D eigenvalue weighted by Crippen LogP contribution is 2.13. The SMILES string of the molecule is CCCCC(C=CCl)COc1ccccn1. The lowest BCUT2D eigenvalue weighted by molar-refractivity contribution is 0.257. The minimum atomic E-state index is 0.374. The van der Waals surface area contributed by atoms with Crippen molar-refractivity contribution < 1.29 is 4.74 Å². The largest absolute Gasteiger partial charge is 0.477 e. The third-order valence-corrected chi connectivity index (χ3v) is 2.50. The number of ether oxygens (including phenoxy) is 1. The monoisotopic (exact) mass is 239 g/mol. The fraction of sp³-hybridized carbons (Fsp3) is 0.462. The molecule has 0 fully saturated rings. The fourth-order valence-corrected chi connectivity index (χ4v) is 1.63. The molecule has 0 amide bonds. The molecule has 1 aromatic rings. The average Bonchev–Trinajstić information content (AvgIpc) is 2.34. The number of rotatable bonds is 7. The first-order chi connectivity index (χ1) is 7.86. The predicted octanol–water partition coefficient (Wildman–Crippen LogP) is 4.02. The summed E-state index contributed by atoms with van der Waals surface area (Å²) >= 11 is 5.61. The molecule has 1 unspecified atom stereocenters. The van der Waals surface area contributed by atoms with Crippen molar-refractivity contribution in [2.75, 3.05) is 6.61 Å². The minimum Gasteiger partial charge on any atom is -0.477 e. The Morgan fingerprint density at radius 2 is 2.38 bits per heavy atom. The van der Waals surface area contributed by atoms with Gasteiger partial charge in [0.15, 0.2) is 0 Å². The first kappa shape index (κ1) is 13.0. The molecule has 0 spiro atoms. The van der Waals surface area contributed by atoms with Gasteiger partial charge in [-0.3, -0.25) is 0 Å². The molecule has 3 heteroatoms. The number of hydrogen-bond donors (Lipinski definition) is 0. The van der Waals surface area contributed by atoms with Crippen LogP contribution in [-0.4, -0.2) is 11.6 Å². The van der Waals surface area contributed by atoms with Crippen LogP contribution in [0, 0.1) is 5.92 Å². The Labute approximate surface area is 102 Å². The number of unbranched alkanes of at least 4 members (excludes halogenated alkanes) is 1. The van der Waals surface area contributed by atoms with E-state index in [1.165, 1.54) is 12.8 Å². The third-order valence-electron chi connectivity index (χ3n) is 2.36. The van der Waals surface area contributed by atoms with E-state index in [4.69, 9.17) is 16.3 Å². The summed E-state index contributed by atoms with van der Waals surface area (Å²) in [5.74, 6) is 1.05. The van der Waals surface area contributed by atoms with Crippen molar-refractivity contribution >= 4 is 11.6 Å². The van der Waals surface area contributed by atoms with Crippen LogP contribution in [0.2, 0.25) is 0 Å². The van der Waals surface area contributed by atoms with Crippen molar-refractivity contribution in [1.29, 1.82) is 0 Å². The first-order valence-electron chi connectivity index (χ1n) is 5.67. The second kappa shape index (κ2) is 8.17. The molecule has 2 nitrogen and oxygen atoms in total. The molecule has 1 atom stereocenters. The Balaban J connectivity index is 2.37. The Bertz CT molecular complexity index is 300. The Kier molecular flexibility index (Phi) is 6.66. The van der Waals surface area contributed by atoms with Crippen molar-refractivity contribution in [1.82, 2.24) is 4.98 Å². The topological polar surface area (TPSA) is 22.1 Å². The standard InChI is InChI=1S/C13H18ClNO/c1-2-3-6-12(8-9-14)11-16-13-7-4-5-10-15-13/h4-5,7-10,12H,2-3,6,11H2,1H3. The van der Waals surface area contributed by atoms with Gasteiger partial charge in [0.2, 0.25) is 5.88 Å². The van der Waals surface area contributed by atoms with E-state index in [1.807, 2.05) is 24.3 Å². The second-order valence-electron chi connectivity index (χ2n) is 3.70. The number of pyridine rings is 1. The third kappa shape index (κ3) is 5.17. The van der Waals surface area contributed by atoms with Crippen LogP contribution in [0.15, 0.2) is 36.0 Å². The highest BCUT2D eigenvalue weighted by Gasteiger charge is 2.05. The van der Waals surface area contributed by atoms with Crippen LogP contribution in [0.3, 0.4) is 0 Å². The smallest absolute Gasteiger partial charge is 0.213 e. The van der Waals surface area contributed by atoms with Gasteiger partial charge < -0.3 is 4.74 Å². The summed E-state index contributed by atoms with van der Waals surface area (Å²) in [6, 6.07) is 5.65. The molecule has 88 valence electrons. The van der Waals surface area contributed by atoms with Crippen LogP contribution in [0.1, 0.15) is 26.2 Å². The fourth-order valence-electron chi connectivity index (χ4n) is 1.43. The van der Waals surface area contributed by atoms with Crippen LogP contribution in [0.5, 0.6) is 5.88 Å². The van der Waals surface area contributed by atoms with E-state index < -0.39 is 0 Å². The summed E-state index contributed by atoms with van der Waals surface area (Å²) in [6.45, 7) is 2.82. The van der Waals surface area contributed by atoms with Crippen LogP contribution < -0.4 is 4.74 Å². The van der Waals surface area contributed by atoms with Crippen LogP contribution >= 0.6 is 11.6 Å². The summed E-state index contributed by atoms with van der Waals surface area (Å²) < 4.78 is 5.60. The molecule has 1 aromatic heterocycles. The van der Waals surface area contributed by atoms with E-state index in [2.05, 4.69) is 11.9 Å². The molecule has 0 aliphatic rings. The van der Waals surface area contributed by atoms with E-state index in [-0.39, 0.29) is 0 Å². The Morgan fingerprint density at radius 1 is 1.50 bits per heavy atom. The van der Waals surface area contributed by atoms with E-state index >= 15 is 0 Å². The number of halogens is 1. The molecule has 0 aliphatic heterocycles. The van der Waals surface area contributed by atoms with Gasteiger partial charge in [0.05, 0.1) is 6.61 Å². The Hall–Kier alpha value is -1.02. The molecule has 0 aliphatic carbocycles. The summed E-state index contributed by atoms with van der Waals surface area (Å²) in [6.07, 6.45) is 7.20. The van der Waals surface area contributed by atoms with Crippen molar-refractivity contribution in [2.24, 2.45) is 5.92 Å². The summed E-state index contributed by atoms with van der Waals surface area (Å²) in [5, 5.41) is 0. The van der Waals surface area contributed by atoms with Gasteiger partial charge in [-0.1, -0.05) is 43.5 Å². The maximum Gasteiger partial charge on any atom is 0.213 e. The normalized spacial score (nSPS) is 12.9. The average molecular weight is 240 g/mol. The van der Waals surface area contributed by atoms with Gasteiger partial charge in [-0.15, -0.1) is 0 Å². The number of aromatic nitrogens is 1. The molecule has 0 saturated carbocycles. The van der Waals surface area contributed by atoms with Gasteiger partial charge in [0.1, 0.15) is 0 Å². The van der Waals surface area contributed by atoms with Crippen LogP contribution in [0.25, 0.3) is 0 Å². The van der Waals surface area contributed by atoms with E-state index in [0.29, 0.717) is 18.4 Å². The Morgan fingerprint density at radius 3 is 3.00 bits per heavy atom. The van der Waals surface area contributed by atoms with Gasteiger partial charge in [-0.25, -0.2) is 4.98 Å². The van der Waals surface area contributed by atoms with E-state index in [9.17, 15) is 0 Å². The lowest BCUT2D eigenvalue weighted by Gasteiger charge is -2.12. The van der Waals surface area contributed by atoms with Crippen molar-refractivity contribution in [3.63, 3.8) is 0 Å². The first-order valence-corrected chi connectivity index (χ1v) is 6.11. The predicted molar refractivity (Wildman–Crippen MR) is 67.7 cm³/mol. The minimum absolute atomic E-state index is 0.374. The lowest BCUT2D eigenvalue weighted by atomic mass is 10.0. The molecular weight excluding hydrogens is 222 g/mol. The van der Waals surface area contributed by atoms with Gasteiger partial charge in [0.25, 0.3) is 0 Å². The molecule has 1 heterocycles. The van der Waals surface area contributed by atoms with Gasteiger partial charge in [-0.05, 0) is 12.5 Å². The highest BCUT2D eigenvalue weighted by molar-refractivity contribution is 6.25. The van der Waals surface area contributed by atoms with Crippen molar-refractivity contribution in [3.05, 3.63) is 36.0 Å². The lowest BCUT2D eigenvalue weighted by Crippen LogP contribution is -2.10. The number of hydrogen-bond acceptors (Lipinski definition) is 2. The zero-order chi connectivity index (χ0) is 11.6. The van der Waals surface area contributed by atoms with Crippen LogP contribution in [0.4, 0.5) is 0 Å². The summed E-state index contributed by atoms with van der Waals surface area (Å²) in [4.78, 5) is 4.11. The second-order valence-corrected chi connectivity index (χ2v) is 3.95. The van der Waals surface area contributed by atoms with Gasteiger partial charge >= 0.3 is 0 Å². The van der Waals surface area contributed by atoms with Crippen LogP contribution in [-0.2, 0) is 0 Å². The molecule has 0 radical (unpaired) electrons. The van der Waals surface area contributed by atoms with E-state index in [0.717, 1.165) is 6.42 Å². The number of nitrogens with zero attached hydrogens (tertiary/aromatic N) is 1. The molecular formula is C13H18ClNO. The quantitative estimate of drug-likeness (QED) is 0.717. The zero-order valence-corrected chi connectivity index (χ0v) is 10.4. The highest BCUT2D eigenvalue weighted by atomic mass is 35.5. The van der Waals surface area contributed by atoms with Gasteiger partial charge in [0, 0.05) is 23.7 Å². The van der Waals surface area contributed by atoms with Crippen molar-refractivity contribution in [2.45, 2.75) is 26.2 Å². The van der Waals surface area contributed by atoms with Crippen molar-refractivity contribution in [3.8, 4) is 5.88 Å². The van der Waals surface area contributed by atoms with E-state index in [1.54, 1.807) is 11.7 Å². The zero-order valence-electron chi connectivity index (χ0n) is 9.60. The molecule has 0 saturated heterocycles. The maximum absolute atomic E-state index is 5.61. The molecule has 0 bridgehead atoms. The molecule has 0 N–H and O–H groups in total. The van der Waals surface area contributed by atoms with Gasteiger partial charge in [-0.2, -0.15) is 0 Å². The molecule has 16 heavy (non-hydrogen) atoms.